The number of aryl methyl sites for hydroxylation is 1. The maximum Gasteiger partial charge on any atom is 0.227 e. The van der Waals surface area contributed by atoms with Crippen LogP contribution in [0.5, 0.6) is 0 Å². The van der Waals surface area contributed by atoms with Gasteiger partial charge in [-0.1, -0.05) is 24.3 Å². The molecule has 4 rings (SSSR count). The summed E-state index contributed by atoms with van der Waals surface area (Å²) in [7, 11) is 0. The summed E-state index contributed by atoms with van der Waals surface area (Å²) in [5.41, 5.74) is 2.18. The minimum absolute atomic E-state index is 0.134. The fourth-order valence-corrected chi connectivity index (χ4v) is 3.89. The van der Waals surface area contributed by atoms with E-state index in [1.54, 1.807) is 0 Å². The summed E-state index contributed by atoms with van der Waals surface area (Å²) in [4.78, 5) is 14.5. The van der Waals surface area contributed by atoms with E-state index in [4.69, 9.17) is 9.47 Å². The molecule has 3 fully saturated rings. The van der Waals surface area contributed by atoms with E-state index < -0.39 is 0 Å². The summed E-state index contributed by atoms with van der Waals surface area (Å²) in [6, 6.07) is 8.12. The Hall–Kier alpha value is -1.39. The van der Waals surface area contributed by atoms with E-state index in [0.717, 1.165) is 50.8 Å². The molecule has 3 aliphatic rings. The van der Waals surface area contributed by atoms with Crippen LogP contribution in [-0.4, -0.2) is 49.3 Å². The summed E-state index contributed by atoms with van der Waals surface area (Å²) in [5, 5.41) is 0. The lowest BCUT2D eigenvalue weighted by atomic mass is 9.81. The molecule has 1 aliphatic carbocycles. The topological polar surface area (TPSA) is 38.8 Å². The van der Waals surface area contributed by atoms with Gasteiger partial charge in [0, 0.05) is 19.1 Å². The van der Waals surface area contributed by atoms with E-state index in [2.05, 4.69) is 13.0 Å². The smallest absolute Gasteiger partial charge is 0.227 e. The summed E-state index contributed by atoms with van der Waals surface area (Å²) < 4.78 is 11.9. The molecule has 1 amide bonds. The monoisotopic (exact) mass is 329 g/mol. The van der Waals surface area contributed by atoms with Crippen molar-refractivity contribution in [1.29, 1.82) is 0 Å². The number of nitrogens with zero attached hydrogens (tertiary/aromatic N) is 1. The van der Waals surface area contributed by atoms with Crippen molar-refractivity contribution in [3.8, 4) is 0 Å². The fraction of sp³-hybridized carbons (Fsp3) is 0.650. The first-order valence-electron chi connectivity index (χ1n) is 9.20. The van der Waals surface area contributed by atoms with E-state index >= 15 is 0 Å². The highest BCUT2D eigenvalue weighted by atomic mass is 16.5. The lowest BCUT2D eigenvalue weighted by Crippen LogP contribution is -2.66. The van der Waals surface area contributed by atoms with Crippen molar-refractivity contribution in [2.45, 2.75) is 38.2 Å². The van der Waals surface area contributed by atoms with E-state index in [9.17, 15) is 4.79 Å². The third-order valence-electron chi connectivity index (χ3n) is 5.84. The molecule has 0 bridgehead atoms. The Balaban J connectivity index is 1.29. The van der Waals surface area contributed by atoms with Crippen molar-refractivity contribution in [3.05, 3.63) is 35.4 Å². The van der Waals surface area contributed by atoms with E-state index in [-0.39, 0.29) is 11.5 Å². The Kier molecular flexibility index (Phi) is 4.35. The van der Waals surface area contributed by atoms with Crippen LogP contribution in [0.25, 0.3) is 0 Å². The average Bonchev–Trinajstić information content (AvgIpc) is 3.25. The minimum Gasteiger partial charge on any atom is -0.381 e. The summed E-state index contributed by atoms with van der Waals surface area (Å²) in [6.45, 7) is 6.02. The third kappa shape index (κ3) is 3.22. The maximum atomic E-state index is 12.5. The standard InChI is InChI=1S/C20H27NO3/c1-15-4-2-3-5-17(15)10-19(22)21-13-20(14-21)18(8-9-24-20)12-23-11-16-6-7-16/h2-5,16,18H,6-14H2,1H3/t18-/m0/s1. The molecule has 0 radical (unpaired) electrons. The lowest BCUT2D eigenvalue weighted by molar-refractivity contribution is -0.168. The molecule has 1 aromatic rings. The number of carbonyl (C=O) groups is 1. The van der Waals surface area contributed by atoms with Gasteiger partial charge in [-0.3, -0.25) is 4.79 Å². The Bertz CT molecular complexity index is 605. The van der Waals surface area contributed by atoms with E-state index in [0.29, 0.717) is 12.3 Å². The van der Waals surface area contributed by atoms with Gasteiger partial charge in [-0.15, -0.1) is 0 Å². The number of amides is 1. The molecule has 2 heterocycles. The van der Waals surface area contributed by atoms with Gasteiger partial charge in [-0.2, -0.15) is 0 Å². The van der Waals surface area contributed by atoms with Crippen molar-refractivity contribution in [2.24, 2.45) is 11.8 Å². The van der Waals surface area contributed by atoms with Crippen molar-refractivity contribution in [2.75, 3.05) is 32.9 Å². The largest absolute Gasteiger partial charge is 0.381 e. The molecule has 1 saturated carbocycles. The van der Waals surface area contributed by atoms with Gasteiger partial charge < -0.3 is 14.4 Å². The number of carbonyl (C=O) groups excluding carboxylic acids is 1. The van der Waals surface area contributed by atoms with Gasteiger partial charge in [0.25, 0.3) is 0 Å². The zero-order valence-corrected chi connectivity index (χ0v) is 14.5. The van der Waals surface area contributed by atoms with Gasteiger partial charge in [0.2, 0.25) is 5.91 Å². The molecule has 0 unspecified atom stereocenters. The number of benzene rings is 1. The normalized spacial score (nSPS) is 25.0. The molecule has 2 saturated heterocycles. The van der Waals surface area contributed by atoms with Crippen LogP contribution in [0.15, 0.2) is 24.3 Å². The zero-order chi connectivity index (χ0) is 16.6. The SMILES string of the molecule is Cc1ccccc1CC(=O)N1CC2(C1)OCC[C@H]2COCC1CC1. The number of ether oxygens (including phenoxy) is 2. The molecule has 0 aromatic heterocycles. The molecule has 2 aliphatic heterocycles. The highest BCUT2D eigenvalue weighted by molar-refractivity contribution is 5.80. The highest BCUT2D eigenvalue weighted by Crippen LogP contribution is 2.40. The lowest BCUT2D eigenvalue weighted by Gasteiger charge is -2.50. The Morgan fingerprint density at radius 1 is 1.25 bits per heavy atom. The number of hydrogen-bond acceptors (Lipinski definition) is 3. The molecule has 24 heavy (non-hydrogen) atoms. The average molecular weight is 329 g/mol. The van der Waals surface area contributed by atoms with Gasteiger partial charge >= 0.3 is 0 Å². The first-order valence-corrected chi connectivity index (χ1v) is 9.20. The maximum absolute atomic E-state index is 12.5. The second-order valence-electron chi connectivity index (χ2n) is 7.73. The Labute approximate surface area is 144 Å². The third-order valence-corrected chi connectivity index (χ3v) is 5.84. The van der Waals surface area contributed by atoms with Crippen LogP contribution in [0, 0.1) is 18.8 Å². The predicted octanol–water partition coefficient (Wildman–Crippen LogP) is 2.58. The van der Waals surface area contributed by atoms with Gasteiger partial charge in [-0.25, -0.2) is 0 Å². The molecule has 1 atom stereocenters. The van der Waals surface area contributed by atoms with Gasteiger partial charge in [-0.05, 0) is 43.2 Å². The molecular weight excluding hydrogens is 302 g/mol. The van der Waals surface area contributed by atoms with Crippen LogP contribution < -0.4 is 0 Å². The predicted molar refractivity (Wildman–Crippen MR) is 91.8 cm³/mol. The molecule has 1 spiro atoms. The van der Waals surface area contributed by atoms with Crippen molar-refractivity contribution in [1.82, 2.24) is 4.90 Å². The van der Waals surface area contributed by atoms with Crippen molar-refractivity contribution in [3.63, 3.8) is 0 Å². The van der Waals surface area contributed by atoms with Crippen LogP contribution in [0.3, 0.4) is 0 Å². The molecule has 4 heteroatoms. The van der Waals surface area contributed by atoms with Crippen LogP contribution in [0.1, 0.15) is 30.4 Å². The van der Waals surface area contributed by atoms with Crippen LogP contribution >= 0.6 is 0 Å². The van der Waals surface area contributed by atoms with Crippen LogP contribution in [-0.2, 0) is 20.7 Å². The van der Waals surface area contributed by atoms with E-state index in [1.165, 1.54) is 18.4 Å². The summed E-state index contributed by atoms with van der Waals surface area (Å²) >= 11 is 0. The first kappa shape index (κ1) is 16.1. The second-order valence-corrected chi connectivity index (χ2v) is 7.73. The van der Waals surface area contributed by atoms with Gasteiger partial charge in [0.1, 0.15) is 5.60 Å². The number of likely N-dealkylation sites (tertiary alicyclic amines) is 1. The molecule has 0 N–H and O–H groups in total. The molecule has 4 nitrogen and oxygen atoms in total. The Morgan fingerprint density at radius 3 is 2.79 bits per heavy atom. The molecular formula is C20H27NO3. The molecule has 1 aromatic carbocycles. The second kappa shape index (κ2) is 6.49. The van der Waals surface area contributed by atoms with Crippen molar-refractivity contribution < 1.29 is 14.3 Å². The highest BCUT2D eigenvalue weighted by Gasteiger charge is 2.54. The van der Waals surface area contributed by atoms with Gasteiger partial charge in [0.15, 0.2) is 0 Å². The quantitative estimate of drug-likeness (QED) is 0.805. The summed E-state index contributed by atoms with van der Waals surface area (Å²) in [6.07, 6.45) is 4.21. The Morgan fingerprint density at radius 2 is 2.04 bits per heavy atom. The summed E-state index contributed by atoms with van der Waals surface area (Å²) in [5.74, 6) is 1.46. The minimum atomic E-state index is -0.134. The van der Waals surface area contributed by atoms with E-state index in [1.807, 2.05) is 23.1 Å². The number of hydrogen-bond donors (Lipinski definition) is 0. The zero-order valence-electron chi connectivity index (χ0n) is 14.5. The molecule has 130 valence electrons. The fourth-order valence-electron chi connectivity index (χ4n) is 3.89. The van der Waals surface area contributed by atoms with Gasteiger partial charge in [0.05, 0.1) is 26.1 Å². The first-order chi connectivity index (χ1) is 11.7. The van der Waals surface area contributed by atoms with Crippen LogP contribution in [0.2, 0.25) is 0 Å². The van der Waals surface area contributed by atoms with Crippen molar-refractivity contribution >= 4 is 5.91 Å². The van der Waals surface area contributed by atoms with Crippen LogP contribution in [0.4, 0.5) is 0 Å². The number of rotatable bonds is 6.